The van der Waals surface area contributed by atoms with E-state index in [4.69, 9.17) is 5.26 Å². The number of carbonyl (C=O) groups is 1. The molecule has 0 bridgehead atoms. The van der Waals surface area contributed by atoms with Crippen LogP contribution in [-0.2, 0) is 12.8 Å². The smallest absolute Gasteiger partial charge is 0.272 e. The van der Waals surface area contributed by atoms with Gasteiger partial charge in [0.2, 0.25) is 0 Å². The summed E-state index contributed by atoms with van der Waals surface area (Å²) in [4.78, 5) is 13.0. The molecule has 0 fully saturated rings. The average molecular weight is 370 g/mol. The van der Waals surface area contributed by atoms with Crippen LogP contribution in [-0.4, -0.2) is 15.7 Å². The molecule has 1 aliphatic rings. The molecular weight excluding hydrogens is 348 g/mol. The summed E-state index contributed by atoms with van der Waals surface area (Å²) in [7, 11) is 0. The largest absolute Gasteiger partial charge is 0.344 e. The predicted octanol–water partition coefficient (Wildman–Crippen LogP) is 4.03. The minimum atomic E-state index is -0.206. The second kappa shape index (κ2) is 7.32. The van der Waals surface area contributed by atoms with Crippen molar-refractivity contribution in [2.24, 2.45) is 0 Å². The third-order valence-electron chi connectivity index (χ3n) is 5.29. The van der Waals surface area contributed by atoms with Crippen LogP contribution in [0.4, 0.5) is 0 Å². The van der Waals surface area contributed by atoms with E-state index in [0.29, 0.717) is 11.3 Å². The number of rotatable bonds is 4. The monoisotopic (exact) mass is 370 g/mol. The molecule has 0 saturated carbocycles. The number of hydrogen-bond acceptors (Lipinski definition) is 3. The van der Waals surface area contributed by atoms with Gasteiger partial charge in [-0.05, 0) is 62.9 Å². The van der Waals surface area contributed by atoms with E-state index < -0.39 is 0 Å². The summed E-state index contributed by atoms with van der Waals surface area (Å²) >= 11 is 0. The van der Waals surface area contributed by atoms with Gasteiger partial charge < -0.3 is 5.32 Å². The van der Waals surface area contributed by atoms with Crippen LogP contribution in [0.25, 0.3) is 5.69 Å². The van der Waals surface area contributed by atoms with E-state index >= 15 is 0 Å². The standard InChI is InChI=1S/C23H22N4O/c1-15-9-11-19(12-10-15)27-21-8-4-7-20(21)22(26-27)23(28)25-16(2)18-6-3-5-17(13-18)14-24/h3,5-6,9-13,16H,4,7-8H2,1-2H3,(H,25,28). The molecule has 1 aliphatic carbocycles. The van der Waals surface area contributed by atoms with Gasteiger partial charge in [-0.25, -0.2) is 4.68 Å². The molecule has 0 saturated heterocycles. The minimum Gasteiger partial charge on any atom is -0.344 e. The molecule has 0 radical (unpaired) electrons. The van der Waals surface area contributed by atoms with Crippen molar-refractivity contribution in [2.45, 2.75) is 39.2 Å². The summed E-state index contributed by atoms with van der Waals surface area (Å²) in [5.74, 6) is -0.168. The van der Waals surface area contributed by atoms with Gasteiger partial charge in [0.25, 0.3) is 5.91 Å². The van der Waals surface area contributed by atoms with Crippen molar-refractivity contribution in [3.8, 4) is 11.8 Å². The highest BCUT2D eigenvalue weighted by atomic mass is 16.2. The molecule has 1 amide bonds. The molecule has 1 aromatic heterocycles. The number of hydrogen-bond donors (Lipinski definition) is 1. The molecular formula is C23H22N4O. The van der Waals surface area contributed by atoms with Gasteiger partial charge in [0.05, 0.1) is 23.4 Å². The van der Waals surface area contributed by atoms with Crippen molar-refractivity contribution in [3.05, 3.63) is 82.2 Å². The third-order valence-corrected chi connectivity index (χ3v) is 5.29. The van der Waals surface area contributed by atoms with Gasteiger partial charge in [0.1, 0.15) is 0 Å². The molecule has 0 aliphatic heterocycles. The van der Waals surface area contributed by atoms with Crippen LogP contribution in [0.5, 0.6) is 0 Å². The lowest BCUT2D eigenvalue weighted by Gasteiger charge is -2.14. The van der Waals surface area contributed by atoms with E-state index in [1.807, 2.05) is 35.9 Å². The lowest BCUT2D eigenvalue weighted by atomic mass is 10.1. The second-order valence-corrected chi connectivity index (χ2v) is 7.31. The number of carbonyl (C=O) groups excluding carboxylic acids is 1. The van der Waals surface area contributed by atoms with Gasteiger partial charge in [-0.1, -0.05) is 29.8 Å². The van der Waals surface area contributed by atoms with Crippen LogP contribution in [0.1, 0.15) is 57.8 Å². The highest BCUT2D eigenvalue weighted by molar-refractivity contribution is 5.94. The highest BCUT2D eigenvalue weighted by Gasteiger charge is 2.27. The fourth-order valence-electron chi connectivity index (χ4n) is 3.75. The SMILES string of the molecule is Cc1ccc(-n2nc(C(=O)NC(C)c3cccc(C#N)c3)c3c2CCC3)cc1. The first kappa shape index (κ1) is 18.0. The Morgan fingerprint density at radius 1 is 1.21 bits per heavy atom. The minimum absolute atomic E-state index is 0.168. The number of amides is 1. The summed E-state index contributed by atoms with van der Waals surface area (Å²) < 4.78 is 1.91. The summed E-state index contributed by atoms with van der Waals surface area (Å²) in [6, 6.07) is 17.4. The number of nitrogens with one attached hydrogen (secondary N) is 1. The topological polar surface area (TPSA) is 70.7 Å². The lowest BCUT2D eigenvalue weighted by Crippen LogP contribution is -2.28. The normalized spacial score (nSPS) is 13.6. The van der Waals surface area contributed by atoms with Crippen molar-refractivity contribution >= 4 is 5.91 Å². The Bertz CT molecular complexity index is 1070. The van der Waals surface area contributed by atoms with Gasteiger partial charge in [-0.3, -0.25) is 4.79 Å². The number of aryl methyl sites for hydroxylation is 1. The molecule has 5 nitrogen and oxygen atoms in total. The van der Waals surface area contributed by atoms with Crippen LogP contribution < -0.4 is 5.32 Å². The first-order valence-electron chi connectivity index (χ1n) is 9.55. The van der Waals surface area contributed by atoms with Crippen LogP contribution in [0.15, 0.2) is 48.5 Å². The molecule has 1 unspecified atom stereocenters. The maximum absolute atomic E-state index is 13.0. The molecule has 3 aromatic rings. The Balaban J connectivity index is 1.62. The fraction of sp³-hybridized carbons (Fsp3) is 0.261. The van der Waals surface area contributed by atoms with E-state index in [-0.39, 0.29) is 11.9 Å². The van der Waals surface area contributed by atoms with E-state index in [1.165, 1.54) is 5.56 Å². The fourth-order valence-corrected chi connectivity index (χ4v) is 3.75. The van der Waals surface area contributed by atoms with Crippen molar-refractivity contribution in [1.29, 1.82) is 5.26 Å². The Labute approximate surface area is 164 Å². The van der Waals surface area contributed by atoms with Crippen molar-refractivity contribution < 1.29 is 4.79 Å². The number of nitrogens with zero attached hydrogens (tertiary/aromatic N) is 3. The Morgan fingerprint density at radius 3 is 2.75 bits per heavy atom. The molecule has 4 rings (SSSR count). The first-order chi connectivity index (χ1) is 13.6. The summed E-state index contributed by atoms with van der Waals surface area (Å²) in [5.41, 5.74) is 6.36. The Hall–Kier alpha value is -3.39. The average Bonchev–Trinajstić information content (AvgIpc) is 3.31. The quantitative estimate of drug-likeness (QED) is 0.754. The van der Waals surface area contributed by atoms with Crippen LogP contribution in [0, 0.1) is 18.3 Å². The summed E-state index contributed by atoms with van der Waals surface area (Å²) in [6.07, 6.45) is 2.85. The molecule has 1 N–H and O–H groups in total. The Kier molecular flexibility index (Phi) is 4.70. The third kappa shape index (κ3) is 3.29. The summed E-state index contributed by atoms with van der Waals surface area (Å²) in [5, 5.41) is 16.8. The zero-order chi connectivity index (χ0) is 19.7. The summed E-state index contributed by atoms with van der Waals surface area (Å²) in [6.45, 7) is 3.98. The predicted molar refractivity (Wildman–Crippen MR) is 107 cm³/mol. The molecule has 1 atom stereocenters. The van der Waals surface area contributed by atoms with E-state index in [2.05, 4.69) is 35.5 Å². The van der Waals surface area contributed by atoms with Crippen molar-refractivity contribution in [1.82, 2.24) is 15.1 Å². The van der Waals surface area contributed by atoms with Gasteiger partial charge in [-0.15, -0.1) is 0 Å². The first-order valence-corrected chi connectivity index (χ1v) is 9.55. The molecule has 140 valence electrons. The highest BCUT2D eigenvalue weighted by Crippen LogP contribution is 2.28. The maximum Gasteiger partial charge on any atom is 0.272 e. The van der Waals surface area contributed by atoms with E-state index in [0.717, 1.165) is 41.8 Å². The van der Waals surface area contributed by atoms with Crippen LogP contribution in [0.2, 0.25) is 0 Å². The van der Waals surface area contributed by atoms with Crippen molar-refractivity contribution in [2.75, 3.05) is 0 Å². The van der Waals surface area contributed by atoms with E-state index in [9.17, 15) is 4.79 Å². The molecule has 28 heavy (non-hydrogen) atoms. The second-order valence-electron chi connectivity index (χ2n) is 7.31. The van der Waals surface area contributed by atoms with E-state index in [1.54, 1.807) is 12.1 Å². The number of benzene rings is 2. The van der Waals surface area contributed by atoms with Crippen molar-refractivity contribution in [3.63, 3.8) is 0 Å². The number of fused-ring (bicyclic) bond motifs is 1. The van der Waals surface area contributed by atoms with Gasteiger partial charge in [0.15, 0.2) is 5.69 Å². The lowest BCUT2D eigenvalue weighted by molar-refractivity contribution is 0.0933. The van der Waals surface area contributed by atoms with Gasteiger partial charge >= 0.3 is 0 Å². The molecule has 2 aromatic carbocycles. The number of nitriles is 1. The Morgan fingerprint density at radius 2 is 2.00 bits per heavy atom. The molecule has 5 heteroatoms. The van der Waals surface area contributed by atoms with Crippen LogP contribution >= 0.6 is 0 Å². The number of aromatic nitrogens is 2. The zero-order valence-corrected chi connectivity index (χ0v) is 16.1. The molecule has 1 heterocycles. The maximum atomic E-state index is 13.0. The van der Waals surface area contributed by atoms with Gasteiger partial charge in [0, 0.05) is 11.3 Å². The van der Waals surface area contributed by atoms with Gasteiger partial charge in [-0.2, -0.15) is 10.4 Å². The molecule has 0 spiro atoms. The zero-order valence-electron chi connectivity index (χ0n) is 16.1. The van der Waals surface area contributed by atoms with Crippen LogP contribution in [0.3, 0.4) is 0 Å².